The van der Waals surface area contributed by atoms with Gasteiger partial charge in [-0.05, 0) is 88.9 Å². The van der Waals surface area contributed by atoms with Crippen molar-refractivity contribution in [1.82, 2.24) is 76.8 Å². The number of carboxylic acids is 3. The van der Waals surface area contributed by atoms with Gasteiger partial charge in [0.25, 0.3) is 5.91 Å². The highest BCUT2D eigenvalue weighted by molar-refractivity contribution is 6.35. The number of unbranched alkanes of at least 4 members (excludes halogenated alkanes) is 1. The monoisotopic (exact) mass is 1740 g/mol. The Balaban J connectivity index is 1.01. The number of hydrogen-bond acceptors (Lipinski definition) is 26. The van der Waals surface area contributed by atoms with Gasteiger partial charge in [-0.1, -0.05) is 35.3 Å². The van der Waals surface area contributed by atoms with E-state index in [4.69, 9.17) is 59.7 Å². The van der Waals surface area contributed by atoms with Crippen LogP contribution >= 0.6 is 23.2 Å². The van der Waals surface area contributed by atoms with E-state index in [1.807, 2.05) is 19.9 Å². The molecule has 2 fully saturated rings. The van der Waals surface area contributed by atoms with E-state index in [0.717, 1.165) is 0 Å². The van der Waals surface area contributed by atoms with Crippen molar-refractivity contribution in [1.29, 1.82) is 0 Å². The van der Waals surface area contributed by atoms with E-state index in [2.05, 4.69) is 47.9 Å². The molecule has 3 aliphatic heterocycles. The number of anilines is 1. The molecule has 7 atom stereocenters. The molecule has 13 amide bonds. The molecule has 0 unspecified atom stereocenters. The van der Waals surface area contributed by atoms with Crippen molar-refractivity contribution in [2.75, 3.05) is 130 Å². The third-order valence-corrected chi connectivity index (χ3v) is 20.1. The lowest BCUT2D eigenvalue weighted by Crippen LogP contribution is -2.61. The second kappa shape index (κ2) is 45.6. The molecule has 4 heterocycles. The van der Waals surface area contributed by atoms with E-state index < -0.39 is 195 Å². The Morgan fingerprint density at radius 1 is 0.562 bits per heavy atom. The van der Waals surface area contributed by atoms with Crippen molar-refractivity contribution in [3.8, 4) is 39.6 Å². The first kappa shape index (κ1) is 96.4. The summed E-state index contributed by atoms with van der Waals surface area (Å²) in [6, 6.07) is 2.89. The van der Waals surface area contributed by atoms with Crippen LogP contribution < -0.4 is 74.5 Å². The maximum atomic E-state index is 14.5. The van der Waals surface area contributed by atoms with Crippen LogP contribution in [0.1, 0.15) is 88.7 Å². The maximum Gasteiger partial charge on any atom is 0.317 e. The topological polar surface area (TPSA) is 622 Å². The average Bonchev–Trinajstić information content (AvgIpc) is 1.60. The minimum atomic E-state index is -2.01. The molecule has 0 bridgehead atoms. The molecular formula is C76H103Cl2N19O24. The van der Waals surface area contributed by atoms with Gasteiger partial charge in [0, 0.05) is 117 Å². The highest BCUT2D eigenvalue weighted by Gasteiger charge is 2.41. The number of ether oxygens (including phenoxy) is 3. The summed E-state index contributed by atoms with van der Waals surface area (Å²) in [7, 11) is 1.47. The van der Waals surface area contributed by atoms with Crippen LogP contribution in [0.4, 0.5) is 5.69 Å². The summed E-state index contributed by atoms with van der Waals surface area (Å²) in [6.45, 7) is 3.59. The van der Waals surface area contributed by atoms with E-state index in [1.54, 1.807) is 67.9 Å². The molecule has 3 aliphatic rings. The number of methoxy groups -OCH3 is 1. The molecule has 1 aromatic heterocycles. The van der Waals surface area contributed by atoms with Gasteiger partial charge in [0.05, 0.1) is 89.5 Å². The molecule has 2 saturated heterocycles. The van der Waals surface area contributed by atoms with Gasteiger partial charge >= 0.3 is 17.9 Å². The first-order valence-corrected chi connectivity index (χ1v) is 39.3. The summed E-state index contributed by atoms with van der Waals surface area (Å²) in [5.74, 6) is -15.8. The second-order valence-electron chi connectivity index (χ2n) is 29.6. The van der Waals surface area contributed by atoms with Crippen LogP contribution in [0.25, 0.3) is 28.1 Å². The van der Waals surface area contributed by atoms with Gasteiger partial charge in [0.2, 0.25) is 70.9 Å². The van der Waals surface area contributed by atoms with E-state index in [1.165, 1.54) is 30.8 Å². The fourth-order valence-electron chi connectivity index (χ4n) is 13.3. The molecule has 43 nitrogen and oxygen atoms in total. The Morgan fingerprint density at radius 3 is 1.57 bits per heavy atom. The standard InChI is InChI=1S/C76H103Cl2N19O24/c1-41(68(81)111)84-73(116)54(37-98)90-72(115)53(31-59(80)101)87-70(113)51(86-71(114)52(30-58(79)100)88-74(117)55(38-99)89-69(112)42(2)83-62(104)33-92-15-17-93(34-63(105)106)19-21-95(36-65(109)110)22-20-94(18-16-92)35-64(107)108)11-6-7-14-82-60(102)12-13-61(103)85-46-10-8-9-43(25-46)48-29-49-57(32-56(48)119-5)121-39-50-66(75(118)96-23-24-120-40-76(96,3)4)91-97(67(49)50)47-27-44(77)26-45(78)28-47/h8-10,25-29,32,41-42,51-55,98-99H,6-7,11-24,30-31,33-40H2,1-5H3,(H2,79,100)(H2,80,101)(H2,81,111)(H,82,102)(H,83,104)(H,84,116)(H,85,103)(H,86,114)(H,87,113)(H,88,117)(H,89,112)(H,90,115)(H,105,106)(H,107,108)(H,109,110)/t41-,42-,51-,52-,53-,54-,55-/m1/s1. The van der Waals surface area contributed by atoms with Gasteiger partial charge in [-0.3, -0.25) is 96.3 Å². The van der Waals surface area contributed by atoms with E-state index in [9.17, 15) is 102 Å². The highest BCUT2D eigenvalue weighted by atomic mass is 35.5. The number of carboxylic acid groups (broad SMARTS) is 3. The fourth-order valence-corrected chi connectivity index (χ4v) is 13.8. The zero-order valence-corrected chi connectivity index (χ0v) is 68.7. The van der Waals surface area contributed by atoms with Crippen molar-refractivity contribution in [2.45, 2.75) is 127 Å². The maximum absolute atomic E-state index is 14.5. The summed E-state index contributed by atoms with van der Waals surface area (Å²) in [4.78, 5) is 218. The Bertz CT molecular complexity index is 4440. The molecule has 0 saturated carbocycles. The third-order valence-electron chi connectivity index (χ3n) is 19.6. The molecule has 121 heavy (non-hydrogen) atoms. The largest absolute Gasteiger partial charge is 0.496 e. The Hall–Kier alpha value is -11.7. The Morgan fingerprint density at radius 2 is 1.06 bits per heavy atom. The molecule has 7 rings (SSSR count). The quantitative estimate of drug-likeness (QED) is 0.0187. The van der Waals surface area contributed by atoms with Crippen LogP contribution in [-0.4, -0.2) is 328 Å². The van der Waals surface area contributed by atoms with E-state index >= 15 is 0 Å². The number of aliphatic hydroxyl groups is 2. The van der Waals surface area contributed by atoms with Gasteiger partial charge in [0.15, 0.2) is 5.69 Å². The van der Waals surface area contributed by atoms with Gasteiger partial charge in [-0.25, -0.2) is 4.68 Å². The van der Waals surface area contributed by atoms with Crippen LogP contribution in [0, 0.1) is 0 Å². The van der Waals surface area contributed by atoms with Crippen molar-refractivity contribution in [3.63, 3.8) is 0 Å². The van der Waals surface area contributed by atoms with Crippen molar-refractivity contribution >= 4 is 124 Å². The van der Waals surface area contributed by atoms with Gasteiger partial charge < -0.3 is 110 Å². The lowest BCUT2D eigenvalue weighted by atomic mass is 9.95. The number of rotatable bonds is 41. The predicted molar refractivity (Wildman–Crippen MR) is 431 cm³/mol. The SMILES string of the molecule is COc1cc2c(cc1-c1cccc(NC(=O)CCC(=O)NCCCC[C@@H](NC(=O)[C@@H](CC(N)=O)NC(=O)[C@@H](CO)NC(=O)[C@@H](C)NC(=O)CN3CCN(CC(=O)O)CCN(CC(=O)O)CCN(CC(=O)O)CC3)C(=O)N[C@H](CC(N)=O)C(=O)N[C@H](CO)C(=O)N[C@H](C)C(N)=O)c1)-c1c(c(C(=O)N3CCOCC3(C)C)nn1-c1cc(Cl)cc(Cl)c1)CO2. The zero-order valence-electron chi connectivity index (χ0n) is 67.2. The lowest BCUT2D eigenvalue weighted by Gasteiger charge is -2.41. The zero-order chi connectivity index (χ0) is 89.1. The highest BCUT2D eigenvalue weighted by Crippen LogP contribution is 2.47. The summed E-state index contributed by atoms with van der Waals surface area (Å²) >= 11 is 13.1. The molecule has 0 radical (unpaired) electrons. The molecule has 3 aromatic carbocycles. The molecular weight excluding hydrogens is 1630 g/mol. The van der Waals surface area contributed by atoms with Crippen LogP contribution in [0.15, 0.2) is 54.6 Å². The molecule has 20 N–H and O–H groups in total. The number of nitrogens with one attached hydrogen (secondary N) is 9. The van der Waals surface area contributed by atoms with Crippen molar-refractivity contribution in [2.24, 2.45) is 17.2 Å². The predicted octanol–water partition coefficient (Wildman–Crippen LogP) is -4.20. The van der Waals surface area contributed by atoms with Crippen LogP contribution in [0.5, 0.6) is 11.5 Å². The molecule has 4 aromatic rings. The number of benzene rings is 3. The first-order chi connectivity index (χ1) is 57.3. The average molecular weight is 1740 g/mol. The van der Waals surface area contributed by atoms with Crippen LogP contribution in [-0.2, 0) is 83.3 Å². The number of aliphatic hydroxyl groups excluding tert-OH is 2. The summed E-state index contributed by atoms with van der Waals surface area (Å²) in [5, 5.41) is 75.9. The smallest absolute Gasteiger partial charge is 0.317 e. The van der Waals surface area contributed by atoms with Gasteiger partial charge in [-0.2, -0.15) is 5.10 Å². The Labute approximate surface area is 704 Å². The number of aliphatic carboxylic acids is 3. The minimum Gasteiger partial charge on any atom is -0.496 e. The van der Waals surface area contributed by atoms with Gasteiger partial charge in [0.1, 0.15) is 60.4 Å². The first-order valence-electron chi connectivity index (χ1n) is 38.5. The number of nitrogens with zero attached hydrogens (tertiary/aromatic N) is 7. The molecule has 45 heteroatoms. The number of carbonyl (C=O) groups excluding carboxylic acids is 13. The normalized spacial score (nSPS) is 16.3. The van der Waals surface area contributed by atoms with Crippen LogP contribution in [0.3, 0.4) is 0 Å². The number of primary amides is 3. The fraction of sp³-hybridized carbons (Fsp3) is 0.513. The molecule has 660 valence electrons. The number of carbonyl (C=O) groups is 16. The Kier molecular flexibility index (Phi) is 36.4. The molecule has 0 aliphatic carbocycles. The number of hydrogen-bond donors (Lipinski definition) is 17. The van der Waals surface area contributed by atoms with Crippen LogP contribution in [0.2, 0.25) is 10.0 Å². The number of nitrogens with two attached hydrogens (primary N) is 3. The number of amides is 13. The summed E-state index contributed by atoms with van der Waals surface area (Å²) in [6.07, 6.45) is -3.06. The molecule has 0 spiro atoms. The third kappa shape index (κ3) is 29.3. The van der Waals surface area contributed by atoms with Gasteiger partial charge in [-0.15, -0.1) is 0 Å². The minimum absolute atomic E-state index is 0.0323. The second-order valence-corrected chi connectivity index (χ2v) is 30.4. The van der Waals surface area contributed by atoms with E-state index in [0.29, 0.717) is 80.6 Å². The summed E-state index contributed by atoms with van der Waals surface area (Å²) < 4.78 is 19.5. The number of morpholine rings is 1. The van der Waals surface area contributed by atoms with E-state index in [-0.39, 0.29) is 103 Å². The number of halogens is 2. The van der Waals surface area contributed by atoms with Crippen molar-refractivity contribution in [3.05, 3.63) is 75.9 Å². The van der Waals surface area contributed by atoms with Crippen molar-refractivity contribution < 1.29 is 116 Å². The number of fused-ring (bicyclic) bond motifs is 3. The number of aromatic nitrogens is 2. The lowest BCUT2D eigenvalue weighted by molar-refractivity contribution is -0.140. The summed E-state index contributed by atoms with van der Waals surface area (Å²) in [5.41, 5.74) is 19.1.